The Labute approximate surface area is 153 Å². The van der Waals surface area contributed by atoms with Crippen molar-refractivity contribution in [2.45, 2.75) is 40.3 Å². The molecule has 0 saturated heterocycles. The van der Waals surface area contributed by atoms with Gasteiger partial charge in [0.1, 0.15) is 11.5 Å². The van der Waals surface area contributed by atoms with Gasteiger partial charge in [-0.2, -0.15) is 0 Å². The summed E-state index contributed by atoms with van der Waals surface area (Å²) in [6.07, 6.45) is 2.96. The first-order chi connectivity index (χ1) is 12.5. The number of aromatic nitrogens is 2. The number of ether oxygens (including phenoxy) is 3. The number of benzene rings is 1. The quantitative estimate of drug-likeness (QED) is 0.687. The summed E-state index contributed by atoms with van der Waals surface area (Å²) in [5.74, 6) is 1.49. The van der Waals surface area contributed by atoms with E-state index in [0.29, 0.717) is 31.3 Å². The molecule has 7 heteroatoms. The van der Waals surface area contributed by atoms with Gasteiger partial charge in [-0.1, -0.05) is 0 Å². The molecule has 0 aliphatic carbocycles. The van der Waals surface area contributed by atoms with Crippen LogP contribution in [0.15, 0.2) is 30.6 Å². The molecule has 0 aliphatic rings. The smallest absolute Gasteiger partial charge is 0.341 e. The van der Waals surface area contributed by atoms with Gasteiger partial charge >= 0.3 is 5.97 Å². The lowest BCUT2D eigenvalue weighted by atomic mass is 10.2. The van der Waals surface area contributed by atoms with Crippen molar-refractivity contribution in [2.24, 2.45) is 0 Å². The zero-order valence-electron chi connectivity index (χ0n) is 15.6. The molecule has 1 heterocycles. The average Bonchev–Trinajstić information content (AvgIpc) is 2.60. The zero-order chi connectivity index (χ0) is 18.9. The van der Waals surface area contributed by atoms with Gasteiger partial charge in [0.15, 0.2) is 0 Å². The minimum Gasteiger partial charge on any atom is -0.494 e. The molecule has 0 bridgehead atoms. The first-order valence-corrected chi connectivity index (χ1v) is 8.68. The van der Waals surface area contributed by atoms with Crippen molar-refractivity contribution >= 4 is 11.9 Å². The van der Waals surface area contributed by atoms with Gasteiger partial charge in [-0.05, 0) is 45.4 Å². The van der Waals surface area contributed by atoms with E-state index in [2.05, 4.69) is 15.3 Å². The molecule has 1 aromatic heterocycles. The van der Waals surface area contributed by atoms with Crippen molar-refractivity contribution in [1.82, 2.24) is 9.97 Å². The summed E-state index contributed by atoms with van der Waals surface area (Å²) < 4.78 is 16.3. The van der Waals surface area contributed by atoms with E-state index >= 15 is 0 Å². The van der Waals surface area contributed by atoms with Gasteiger partial charge in [-0.3, -0.25) is 0 Å². The SMILES string of the molecule is CCOC(=O)c1cnc(NCc2cc(OCC)cc(OC(C)C)c2)nc1. The van der Waals surface area contributed by atoms with E-state index in [9.17, 15) is 4.79 Å². The maximum absolute atomic E-state index is 11.6. The van der Waals surface area contributed by atoms with Gasteiger partial charge in [-0.15, -0.1) is 0 Å². The molecule has 0 fully saturated rings. The summed E-state index contributed by atoms with van der Waals surface area (Å²) in [7, 11) is 0. The molecular formula is C19H25N3O4. The molecule has 2 rings (SSSR count). The minimum atomic E-state index is -0.432. The molecule has 1 N–H and O–H groups in total. The highest BCUT2D eigenvalue weighted by molar-refractivity contribution is 5.88. The predicted octanol–water partition coefficient (Wildman–Crippen LogP) is 3.45. The number of hydrogen-bond acceptors (Lipinski definition) is 7. The van der Waals surface area contributed by atoms with Crippen LogP contribution in [-0.2, 0) is 11.3 Å². The van der Waals surface area contributed by atoms with Crippen molar-refractivity contribution in [2.75, 3.05) is 18.5 Å². The number of anilines is 1. The maximum atomic E-state index is 11.6. The van der Waals surface area contributed by atoms with Gasteiger partial charge in [0.25, 0.3) is 0 Å². The molecule has 1 aromatic carbocycles. The van der Waals surface area contributed by atoms with E-state index in [1.165, 1.54) is 12.4 Å². The van der Waals surface area contributed by atoms with Crippen molar-refractivity contribution < 1.29 is 19.0 Å². The Balaban J connectivity index is 2.05. The number of nitrogens with one attached hydrogen (secondary N) is 1. The fourth-order valence-electron chi connectivity index (χ4n) is 2.24. The molecule has 0 unspecified atom stereocenters. The monoisotopic (exact) mass is 359 g/mol. The summed E-state index contributed by atoms with van der Waals surface area (Å²) in [5, 5.41) is 3.12. The maximum Gasteiger partial charge on any atom is 0.341 e. The fourth-order valence-corrected chi connectivity index (χ4v) is 2.24. The molecular weight excluding hydrogens is 334 g/mol. The molecule has 7 nitrogen and oxygen atoms in total. The second-order valence-electron chi connectivity index (χ2n) is 5.78. The molecule has 0 spiro atoms. The van der Waals surface area contributed by atoms with Crippen LogP contribution in [-0.4, -0.2) is 35.3 Å². The standard InChI is InChI=1S/C19H25N3O4/c1-5-24-16-7-14(8-17(9-16)26-13(3)4)10-20-19-21-11-15(12-22-19)18(23)25-6-2/h7-9,11-13H,5-6,10H2,1-4H3,(H,20,21,22). The van der Waals surface area contributed by atoms with Crippen LogP contribution < -0.4 is 14.8 Å². The highest BCUT2D eigenvalue weighted by atomic mass is 16.5. The summed E-state index contributed by atoms with van der Waals surface area (Å²) in [4.78, 5) is 19.9. The number of carbonyl (C=O) groups excluding carboxylic acids is 1. The van der Waals surface area contributed by atoms with E-state index in [1.807, 2.05) is 39.0 Å². The van der Waals surface area contributed by atoms with Gasteiger partial charge in [-0.25, -0.2) is 14.8 Å². The largest absolute Gasteiger partial charge is 0.494 e. The van der Waals surface area contributed by atoms with Crippen molar-refractivity contribution in [3.05, 3.63) is 41.7 Å². The van der Waals surface area contributed by atoms with Gasteiger partial charge in [0, 0.05) is 25.0 Å². The highest BCUT2D eigenvalue weighted by Crippen LogP contribution is 2.24. The van der Waals surface area contributed by atoms with E-state index in [4.69, 9.17) is 14.2 Å². The van der Waals surface area contributed by atoms with Crippen LogP contribution in [0.4, 0.5) is 5.95 Å². The zero-order valence-corrected chi connectivity index (χ0v) is 15.6. The van der Waals surface area contributed by atoms with Crippen LogP contribution >= 0.6 is 0 Å². The molecule has 0 radical (unpaired) electrons. The lowest BCUT2D eigenvalue weighted by Gasteiger charge is -2.14. The lowest BCUT2D eigenvalue weighted by molar-refractivity contribution is 0.0525. The Morgan fingerprint density at radius 3 is 2.38 bits per heavy atom. The van der Waals surface area contributed by atoms with E-state index in [0.717, 1.165) is 17.1 Å². The molecule has 140 valence electrons. The van der Waals surface area contributed by atoms with E-state index in [-0.39, 0.29) is 6.10 Å². The second kappa shape index (κ2) is 9.60. The predicted molar refractivity (Wildman–Crippen MR) is 98.7 cm³/mol. The number of nitrogens with zero attached hydrogens (tertiary/aromatic N) is 2. The Hall–Kier alpha value is -2.83. The van der Waals surface area contributed by atoms with Crippen molar-refractivity contribution in [1.29, 1.82) is 0 Å². The van der Waals surface area contributed by atoms with Crippen LogP contribution in [0.25, 0.3) is 0 Å². The molecule has 0 amide bonds. The van der Waals surface area contributed by atoms with Crippen LogP contribution in [0.1, 0.15) is 43.6 Å². The molecule has 2 aromatic rings. The van der Waals surface area contributed by atoms with Crippen molar-refractivity contribution in [3.63, 3.8) is 0 Å². The molecule has 0 aliphatic heterocycles. The van der Waals surface area contributed by atoms with Gasteiger partial charge in [0.2, 0.25) is 5.95 Å². The van der Waals surface area contributed by atoms with E-state index < -0.39 is 5.97 Å². The lowest BCUT2D eigenvalue weighted by Crippen LogP contribution is -2.09. The van der Waals surface area contributed by atoms with Crippen LogP contribution in [0, 0.1) is 0 Å². The topological polar surface area (TPSA) is 82.6 Å². The van der Waals surface area contributed by atoms with Crippen LogP contribution in [0.5, 0.6) is 11.5 Å². The first-order valence-electron chi connectivity index (χ1n) is 8.68. The summed E-state index contributed by atoms with van der Waals surface area (Å²) in [6.45, 7) is 9.03. The summed E-state index contributed by atoms with van der Waals surface area (Å²) >= 11 is 0. The minimum absolute atomic E-state index is 0.0754. The second-order valence-corrected chi connectivity index (χ2v) is 5.78. The third-order valence-electron chi connectivity index (χ3n) is 3.24. The van der Waals surface area contributed by atoms with Crippen LogP contribution in [0.3, 0.4) is 0 Å². The first kappa shape index (κ1) is 19.5. The Kier molecular flexibility index (Phi) is 7.20. The Morgan fingerprint density at radius 1 is 1.08 bits per heavy atom. The average molecular weight is 359 g/mol. The summed E-state index contributed by atoms with van der Waals surface area (Å²) in [6, 6.07) is 5.76. The number of rotatable bonds is 9. The normalized spacial score (nSPS) is 10.5. The Morgan fingerprint density at radius 2 is 1.77 bits per heavy atom. The number of hydrogen-bond donors (Lipinski definition) is 1. The Bertz CT molecular complexity index is 717. The molecule has 0 atom stereocenters. The number of carbonyl (C=O) groups is 1. The van der Waals surface area contributed by atoms with Crippen molar-refractivity contribution in [3.8, 4) is 11.5 Å². The van der Waals surface area contributed by atoms with Gasteiger partial charge < -0.3 is 19.5 Å². The summed E-state index contributed by atoms with van der Waals surface area (Å²) in [5.41, 5.74) is 1.30. The van der Waals surface area contributed by atoms with Gasteiger partial charge in [0.05, 0.1) is 24.9 Å². The highest BCUT2D eigenvalue weighted by Gasteiger charge is 2.09. The third kappa shape index (κ3) is 5.91. The third-order valence-corrected chi connectivity index (χ3v) is 3.24. The van der Waals surface area contributed by atoms with E-state index in [1.54, 1.807) is 6.92 Å². The molecule has 26 heavy (non-hydrogen) atoms. The van der Waals surface area contributed by atoms with Crippen LogP contribution in [0.2, 0.25) is 0 Å². The molecule has 0 saturated carbocycles. The number of esters is 1. The fraction of sp³-hybridized carbons (Fsp3) is 0.421.